The quantitative estimate of drug-likeness (QED) is 0.922. The first kappa shape index (κ1) is 13.8. The Morgan fingerprint density at radius 1 is 1.52 bits per heavy atom. The highest BCUT2D eigenvalue weighted by Gasteiger charge is 2.41. The van der Waals surface area contributed by atoms with E-state index >= 15 is 0 Å². The van der Waals surface area contributed by atoms with E-state index in [-0.39, 0.29) is 0 Å². The zero-order valence-corrected chi connectivity index (χ0v) is 11.8. The second-order valence-electron chi connectivity index (χ2n) is 5.45. The Hall–Kier alpha value is -2.15. The van der Waals surface area contributed by atoms with Crippen molar-refractivity contribution in [2.24, 2.45) is 0 Å². The predicted molar refractivity (Wildman–Crippen MR) is 72.3 cm³/mol. The Morgan fingerprint density at radius 2 is 2.38 bits per heavy atom. The molecule has 21 heavy (non-hydrogen) atoms. The first-order valence-electron chi connectivity index (χ1n) is 6.94. The minimum atomic E-state index is -0.877. The van der Waals surface area contributed by atoms with Gasteiger partial charge in [-0.3, -0.25) is 9.69 Å². The zero-order valence-electron chi connectivity index (χ0n) is 11.8. The highest BCUT2D eigenvalue weighted by molar-refractivity contribution is 5.78. The molecule has 7 nitrogen and oxygen atoms in total. The van der Waals surface area contributed by atoms with Gasteiger partial charge in [0.05, 0.1) is 12.8 Å². The zero-order chi connectivity index (χ0) is 14.9. The normalized spacial score (nSPS) is 23.3. The lowest BCUT2D eigenvalue weighted by Crippen LogP contribution is -2.54. The monoisotopic (exact) mass is 291 g/mol. The molecule has 1 aliphatic rings. The molecule has 0 bridgehead atoms. The van der Waals surface area contributed by atoms with Crippen LogP contribution in [0.1, 0.15) is 32.1 Å². The third-order valence-corrected chi connectivity index (χ3v) is 4.04. The Morgan fingerprint density at radius 3 is 3.10 bits per heavy atom. The number of hydrogen-bond donors (Lipinski definition) is 1. The van der Waals surface area contributed by atoms with E-state index in [0.29, 0.717) is 37.0 Å². The Balaban J connectivity index is 1.78. The standard InChI is InChI=1S/C14H17N3O4/c1-14(13(18)19)6-2-3-7-17(14)9-11-15-12(16-21-11)10-5-4-8-20-10/h4-5,8H,2-3,6-7,9H2,1H3,(H,18,19). The van der Waals surface area contributed by atoms with Crippen molar-refractivity contribution in [3.05, 3.63) is 24.3 Å². The van der Waals surface area contributed by atoms with Crippen LogP contribution >= 0.6 is 0 Å². The van der Waals surface area contributed by atoms with E-state index in [0.717, 1.165) is 12.8 Å². The average molecular weight is 291 g/mol. The molecule has 1 atom stereocenters. The predicted octanol–water partition coefficient (Wildman–Crippen LogP) is 2.16. The van der Waals surface area contributed by atoms with E-state index in [1.54, 1.807) is 19.1 Å². The molecule has 1 saturated heterocycles. The first-order valence-corrected chi connectivity index (χ1v) is 6.94. The van der Waals surface area contributed by atoms with E-state index in [1.807, 2.05) is 4.90 Å². The molecule has 3 rings (SSSR count). The fourth-order valence-corrected chi connectivity index (χ4v) is 2.66. The fourth-order valence-electron chi connectivity index (χ4n) is 2.66. The van der Waals surface area contributed by atoms with Gasteiger partial charge >= 0.3 is 5.97 Å². The summed E-state index contributed by atoms with van der Waals surface area (Å²) in [6.45, 7) is 2.79. The van der Waals surface area contributed by atoms with Crippen molar-refractivity contribution in [1.82, 2.24) is 15.0 Å². The number of nitrogens with zero attached hydrogens (tertiary/aromatic N) is 3. The van der Waals surface area contributed by atoms with Crippen LogP contribution in [0.4, 0.5) is 0 Å². The van der Waals surface area contributed by atoms with Crippen LogP contribution < -0.4 is 0 Å². The second kappa shape index (κ2) is 5.33. The molecule has 1 fully saturated rings. The van der Waals surface area contributed by atoms with Crippen LogP contribution in [-0.4, -0.2) is 38.2 Å². The van der Waals surface area contributed by atoms with Crippen LogP contribution in [0.25, 0.3) is 11.6 Å². The summed E-state index contributed by atoms with van der Waals surface area (Å²) >= 11 is 0. The van der Waals surface area contributed by atoms with Crippen molar-refractivity contribution < 1.29 is 18.8 Å². The smallest absolute Gasteiger partial charge is 0.323 e. The van der Waals surface area contributed by atoms with Crippen molar-refractivity contribution >= 4 is 5.97 Å². The number of carbonyl (C=O) groups is 1. The fraction of sp³-hybridized carbons (Fsp3) is 0.500. The second-order valence-corrected chi connectivity index (χ2v) is 5.45. The summed E-state index contributed by atoms with van der Waals surface area (Å²) < 4.78 is 10.4. The topological polar surface area (TPSA) is 92.6 Å². The van der Waals surface area contributed by atoms with Crippen LogP contribution in [0, 0.1) is 0 Å². The molecular formula is C14H17N3O4. The third kappa shape index (κ3) is 2.56. The molecule has 0 saturated carbocycles. The maximum absolute atomic E-state index is 11.5. The molecule has 1 N–H and O–H groups in total. The maximum atomic E-state index is 11.5. The number of furan rings is 1. The number of hydrogen-bond acceptors (Lipinski definition) is 6. The van der Waals surface area contributed by atoms with Gasteiger partial charge in [-0.15, -0.1) is 0 Å². The summed E-state index contributed by atoms with van der Waals surface area (Å²) in [6.07, 6.45) is 4.06. The van der Waals surface area contributed by atoms with Gasteiger partial charge in [0.1, 0.15) is 5.54 Å². The van der Waals surface area contributed by atoms with Crippen molar-refractivity contribution in [2.75, 3.05) is 6.54 Å². The van der Waals surface area contributed by atoms with Gasteiger partial charge in [0.2, 0.25) is 11.7 Å². The minimum absolute atomic E-state index is 0.330. The van der Waals surface area contributed by atoms with E-state index in [2.05, 4.69) is 10.1 Å². The van der Waals surface area contributed by atoms with Gasteiger partial charge in [-0.05, 0) is 44.9 Å². The number of carboxylic acids is 1. The molecule has 1 aliphatic heterocycles. The molecule has 0 aliphatic carbocycles. The van der Waals surface area contributed by atoms with Crippen molar-refractivity contribution in [2.45, 2.75) is 38.3 Å². The first-order chi connectivity index (χ1) is 10.1. The van der Waals surface area contributed by atoms with E-state index in [4.69, 9.17) is 8.94 Å². The SMILES string of the molecule is CC1(C(=O)O)CCCCN1Cc1nc(-c2ccco2)no1. The number of carboxylic acid groups (broad SMARTS) is 1. The summed E-state index contributed by atoms with van der Waals surface area (Å²) in [5, 5.41) is 13.3. The summed E-state index contributed by atoms with van der Waals surface area (Å²) in [5.41, 5.74) is -0.877. The van der Waals surface area contributed by atoms with Crippen molar-refractivity contribution in [1.29, 1.82) is 0 Å². The maximum Gasteiger partial charge on any atom is 0.323 e. The number of aliphatic carboxylic acids is 1. The van der Waals surface area contributed by atoms with Gasteiger partial charge in [0, 0.05) is 0 Å². The average Bonchev–Trinajstić information content (AvgIpc) is 3.12. The van der Waals surface area contributed by atoms with Crippen molar-refractivity contribution in [3.8, 4) is 11.6 Å². The molecule has 112 valence electrons. The molecule has 0 spiro atoms. The third-order valence-electron chi connectivity index (χ3n) is 4.04. The Kier molecular flexibility index (Phi) is 3.50. The molecule has 0 radical (unpaired) electrons. The van der Waals surface area contributed by atoms with Gasteiger partial charge in [-0.2, -0.15) is 4.98 Å². The van der Waals surface area contributed by atoms with Gasteiger partial charge < -0.3 is 14.0 Å². The van der Waals surface area contributed by atoms with Gasteiger partial charge in [0.25, 0.3) is 0 Å². The number of aromatic nitrogens is 2. The molecule has 7 heteroatoms. The number of rotatable bonds is 4. The van der Waals surface area contributed by atoms with Crippen molar-refractivity contribution in [3.63, 3.8) is 0 Å². The highest BCUT2D eigenvalue weighted by atomic mass is 16.5. The molecule has 1 unspecified atom stereocenters. The van der Waals surface area contributed by atoms with E-state index in [1.165, 1.54) is 6.26 Å². The van der Waals surface area contributed by atoms with Crippen LogP contribution in [0.3, 0.4) is 0 Å². The summed E-state index contributed by atoms with van der Waals surface area (Å²) in [6, 6.07) is 3.49. The summed E-state index contributed by atoms with van der Waals surface area (Å²) in [5.74, 6) is 0.498. The molecule has 2 aromatic heterocycles. The molecule has 3 heterocycles. The molecule has 2 aromatic rings. The van der Waals surface area contributed by atoms with Crippen LogP contribution in [-0.2, 0) is 11.3 Å². The van der Waals surface area contributed by atoms with Gasteiger partial charge in [-0.25, -0.2) is 0 Å². The summed E-state index contributed by atoms with van der Waals surface area (Å²) in [4.78, 5) is 17.7. The minimum Gasteiger partial charge on any atom is -0.480 e. The van der Waals surface area contributed by atoms with Crippen LogP contribution in [0.5, 0.6) is 0 Å². The van der Waals surface area contributed by atoms with Gasteiger partial charge in [-0.1, -0.05) is 5.16 Å². The lowest BCUT2D eigenvalue weighted by molar-refractivity contribution is -0.153. The lowest BCUT2D eigenvalue weighted by atomic mass is 9.88. The Labute approximate surface area is 121 Å². The van der Waals surface area contributed by atoms with Crippen LogP contribution in [0.15, 0.2) is 27.3 Å². The largest absolute Gasteiger partial charge is 0.480 e. The lowest BCUT2D eigenvalue weighted by Gasteiger charge is -2.40. The Bertz CT molecular complexity index is 622. The van der Waals surface area contributed by atoms with Crippen LogP contribution in [0.2, 0.25) is 0 Å². The van der Waals surface area contributed by atoms with Gasteiger partial charge in [0.15, 0.2) is 5.76 Å². The molecular weight excluding hydrogens is 274 g/mol. The highest BCUT2D eigenvalue weighted by Crippen LogP contribution is 2.29. The van der Waals surface area contributed by atoms with E-state index in [9.17, 15) is 9.90 Å². The number of likely N-dealkylation sites (tertiary alicyclic amines) is 1. The summed E-state index contributed by atoms with van der Waals surface area (Å²) in [7, 11) is 0. The molecule has 0 amide bonds. The van der Waals surface area contributed by atoms with E-state index < -0.39 is 11.5 Å². The number of piperidine rings is 1. The molecule has 0 aromatic carbocycles.